The lowest BCUT2D eigenvalue weighted by Gasteiger charge is -2.28. The highest BCUT2D eigenvalue weighted by Gasteiger charge is 2.19. The molecule has 1 heterocycles. The summed E-state index contributed by atoms with van der Waals surface area (Å²) in [6, 6.07) is 4.30. The third-order valence-electron chi connectivity index (χ3n) is 3.05. The Morgan fingerprint density at radius 1 is 1.56 bits per heavy atom. The van der Waals surface area contributed by atoms with Gasteiger partial charge in [-0.15, -0.1) is 0 Å². The van der Waals surface area contributed by atoms with Crippen molar-refractivity contribution in [3.63, 3.8) is 0 Å². The van der Waals surface area contributed by atoms with E-state index >= 15 is 0 Å². The van der Waals surface area contributed by atoms with Crippen molar-refractivity contribution in [2.45, 2.75) is 31.9 Å². The van der Waals surface area contributed by atoms with Gasteiger partial charge < -0.3 is 15.2 Å². The van der Waals surface area contributed by atoms with Gasteiger partial charge in [0, 0.05) is 18.3 Å². The largest absolute Gasteiger partial charge is 0.478 e. The number of hydrogen-bond acceptors (Lipinski definition) is 3. The molecular weight excluding hydrogens is 237 g/mol. The van der Waals surface area contributed by atoms with Crippen LogP contribution >= 0.6 is 0 Å². The maximum absolute atomic E-state index is 13.2. The molecular formula is C13H16FNO3. The number of ether oxygens (including phenoxy) is 1. The number of rotatable bonds is 3. The molecule has 0 amide bonds. The summed E-state index contributed by atoms with van der Waals surface area (Å²) in [6.45, 7) is 2.69. The van der Waals surface area contributed by atoms with Gasteiger partial charge in [-0.25, -0.2) is 9.18 Å². The molecule has 1 aliphatic heterocycles. The zero-order valence-electron chi connectivity index (χ0n) is 10.1. The zero-order valence-corrected chi connectivity index (χ0v) is 10.1. The van der Waals surface area contributed by atoms with Crippen molar-refractivity contribution < 1.29 is 19.0 Å². The first-order valence-corrected chi connectivity index (χ1v) is 5.97. The lowest BCUT2D eigenvalue weighted by molar-refractivity contribution is 0.0232. The Balaban J connectivity index is 2.09. The Hall–Kier alpha value is -1.62. The van der Waals surface area contributed by atoms with Crippen LogP contribution in [0.1, 0.15) is 30.1 Å². The Morgan fingerprint density at radius 2 is 2.33 bits per heavy atom. The van der Waals surface area contributed by atoms with E-state index in [0.717, 1.165) is 12.8 Å². The minimum Gasteiger partial charge on any atom is -0.478 e. The SMILES string of the molecule is CC1CC(Nc2ccc(F)c(C(=O)O)c2)CCO1. The van der Waals surface area contributed by atoms with E-state index in [-0.39, 0.29) is 17.7 Å². The van der Waals surface area contributed by atoms with E-state index in [1.807, 2.05) is 6.92 Å². The lowest BCUT2D eigenvalue weighted by Crippen LogP contribution is -2.32. The van der Waals surface area contributed by atoms with Crippen molar-refractivity contribution in [1.29, 1.82) is 0 Å². The Labute approximate surface area is 105 Å². The van der Waals surface area contributed by atoms with Crippen LogP contribution in [0.5, 0.6) is 0 Å². The minimum absolute atomic E-state index is 0.190. The van der Waals surface area contributed by atoms with Crippen molar-refractivity contribution in [1.82, 2.24) is 0 Å². The van der Waals surface area contributed by atoms with Gasteiger partial charge >= 0.3 is 5.97 Å². The van der Waals surface area contributed by atoms with Gasteiger partial charge in [0.05, 0.1) is 11.7 Å². The van der Waals surface area contributed by atoms with Crippen LogP contribution in [0.3, 0.4) is 0 Å². The number of halogens is 1. The van der Waals surface area contributed by atoms with Crippen LogP contribution in [0.15, 0.2) is 18.2 Å². The molecule has 5 heteroatoms. The first-order chi connectivity index (χ1) is 8.56. The quantitative estimate of drug-likeness (QED) is 0.869. The predicted molar refractivity (Wildman–Crippen MR) is 65.4 cm³/mol. The Kier molecular flexibility index (Phi) is 3.81. The number of carbonyl (C=O) groups is 1. The van der Waals surface area contributed by atoms with Gasteiger partial charge in [0.15, 0.2) is 0 Å². The molecule has 0 aliphatic carbocycles. The first-order valence-electron chi connectivity index (χ1n) is 5.97. The maximum Gasteiger partial charge on any atom is 0.338 e. The first kappa shape index (κ1) is 12.8. The van der Waals surface area contributed by atoms with E-state index in [4.69, 9.17) is 9.84 Å². The van der Waals surface area contributed by atoms with Gasteiger partial charge in [0.2, 0.25) is 0 Å². The third kappa shape index (κ3) is 2.98. The van der Waals surface area contributed by atoms with Crippen LogP contribution in [0.25, 0.3) is 0 Å². The standard InChI is InChI=1S/C13H16FNO3/c1-8-6-10(4-5-18-8)15-9-2-3-12(14)11(7-9)13(16)17/h2-3,7-8,10,15H,4-6H2,1H3,(H,16,17). The second-order valence-electron chi connectivity index (χ2n) is 4.55. The summed E-state index contributed by atoms with van der Waals surface area (Å²) in [5.74, 6) is -1.97. The van der Waals surface area contributed by atoms with Crippen molar-refractivity contribution in [2.75, 3.05) is 11.9 Å². The van der Waals surface area contributed by atoms with Crippen LogP contribution in [0.4, 0.5) is 10.1 Å². The number of carboxylic acids is 1. The summed E-state index contributed by atoms with van der Waals surface area (Å²) < 4.78 is 18.7. The molecule has 1 aliphatic rings. The monoisotopic (exact) mass is 253 g/mol. The molecule has 2 rings (SSSR count). The van der Waals surface area contributed by atoms with Crippen molar-refractivity contribution in [3.05, 3.63) is 29.6 Å². The van der Waals surface area contributed by atoms with Crippen LogP contribution in [-0.4, -0.2) is 29.8 Å². The van der Waals surface area contributed by atoms with E-state index < -0.39 is 11.8 Å². The highest BCUT2D eigenvalue weighted by molar-refractivity contribution is 5.89. The molecule has 0 radical (unpaired) electrons. The van der Waals surface area contributed by atoms with Gasteiger partial charge in [0.1, 0.15) is 5.82 Å². The maximum atomic E-state index is 13.2. The number of nitrogens with one attached hydrogen (secondary N) is 1. The highest BCUT2D eigenvalue weighted by Crippen LogP contribution is 2.20. The second-order valence-corrected chi connectivity index (χ2v) is 4.55. The van der Waals surface area contributed by atoms with Crippen molar-refractivity contribution >= 4 is 11.7 Å². The second kappa shape index (κ2) is 5.35. The summed E-state index contributed by atoms with van der Waals surface area (Å²) in [4.78, 5) is 10.8. The van der Waals surface area contributed by atoms with Crippen LogP contribution in [0, 0.1) is 5.82 Å². The fraction of sp³-hybridized carbons (Fsp3) is 0.462. The minimum atomic E-state index is -1.25. The molecule has 18 heavy (non-hydrogen) atoms. The molecule has 0 spiro atoms. The van der Waals surface area contributed by atoms with Crippen molar-refractivity contribution in [3.8, 4) is 0 Å². The van der Waals surface area contributed by atoms with E-state index in [9.17, 15) is 9.18 Å². The smallest absolute Gasteiger partial charge is 0.338 e. The fourth-order valence-electron chi connectivity index (χ4n) is 2.14. The summed E-state index contributed by atoms with van der Waals surface area (Å²) in [6.07, 6.45) is 1.92. The third-order valence-corrected chi connectivity index (χ3v) is 3.05. The zero-order chi connectivity index (χ0) is 13.1. The molecule has 0 saturated carbocycles. The Morgan fingerprint density at radius 3 is 3.00 bits per heavy atom. The van der Waals surface area contributed by atoms with E-state index in [1.165, 1.54) is 12.1 Å². The summed E-state index contributed by atoms with van der Waals surface area (Å²) in [7, 11) is 0. The van der Waals surface area contributed by atoms with Gasteiger partial charge in [-0.05, 0) is 38.0 Å². The molecule has 98 valence electrons. The normalized spacial score (nSPS) is 23.7. The van der Waals surface area contributed by atoms with E-state index in [0.29, 0.717) is 12.3 Å². The number of hydrogen-bond donors (Lipinski definition) is 2. The van der Waals surface area contributed by atoms with Gasteiger partial charge in [-0.3, -0.25) is 0 Å². The average Bonchev–Trinajstić information content (AvgIpc) is 2.31. The van der Waals surface area contributed by atoms with Crippen LogP contribution in [-0.2, 0) is 4.74 Å². The van der Waals surface area contributed by atoms with E-state index in [1.54, 1.807) is 6.07 Å². The number of aromatic carboxylic acids is 1. The highest BCUT2D eigenvalue weighted by atomic mass is 19.1. The van der Waals surface area contributed by atoms with Crippen molar-refractivity contribution in [2.24, 2.45) is 0 Å². The average molecular weight is 253 g/mol. The number of benzene rings is 1. The molecule has 1 fully saturated rings. The molecule has 0 aromatic heterocycles. The molecule has 4 nitrogen and oxygen atoms in total. The van der Waals surface area contributed by atoms with Gasteiger partial charge in [-0.2, -0.15) is 0 Å². The predicted octanol–water partition coefficient (Wildman–Crippen LogP) is 2.50. The number of carboxylic acid groups (broad SMARTS) is 1. The molecule has 1 aromatic carbocycles. The van der Waals surface area contributed by atoms with E-state index in [2.05, 4.69) is 5.32 Å². The number of anilines is 1. The summed E-state index contributed by atoms with van der Waals surface area (Å²) >= 11 is 0. The molecule has 1 saturated heterocycles. The molecule has 2 unspecified atom stereocenters. The van der Waals surface area contributed by atoms with Gasteiger partial charge in [0.25, 0.3) is 0 Å². The summed E-state index contributed by atoms with van der Waals surface area (Å²) in [5, 5.41) is 12.1. The molecule has 0 bridgehead atoms. The Bertz CT molecular complexity index is 450. The lowest BCUT2D eigenvalue weighted by atomic mass is 10.0. The molecule has 2 N–H and O–H groups in total. The summed E-state index contributed by atoms with van der Waals surface area (Å²) in [5.41, 5.74) is 0.327. The fourth-order valence-corrected chi connectivity index (χ4v) is 2.14. The molecule has 1 aromatic rings. The topological polar surface area (TPSA) is 58.6 Å². The van der Waals surface area contributed by atoms with Gasteiger partial charge in [-0.1, -0.05) is 0 Å². The van der Waals surface area contributed by atoms with Crippen LogP contribution < -0.4 is 5.32 Å². The molecule has 2 atom stereocenters. The van der Waals surface area contributed by atoms with Crippen LogP contribution in [0.2, 0.25) is 0 Å².